The van der Waals surface area contributed by atoms with Gasteiger partial charge in [0.25, 0.3) is 0 Å². The topological polar surface area (TPSA) is 44.0 Å². The molecule has 2 nitrogen and oxygen atoms in total. The molecule has 1 unspecified atom stereocenters. The zero-order valence-electron chi connectivity index (χ0n) is 11.8. The van der Waals surface area contributed by atoms with Gasteiger partial charge in [-0.1, -0.05) is 34.1 Å². The second-order valence-corrected chi connectivity index (χ2v) is 5.98. The van der Waals surface area contributed by atoms with Gasteiger partial charge in [-0.25, -0.2) is 0 Å². The zero-order valence-corrected chi connectivity index (χ0v) is 11.8. The normalized spacial score (nSPS) is 33.1. The van der Waals surface area contributed by atoms with Crippen LogP contribution in [0.5, 0.6) is 0 Å². The maximum Gasteiger partial charge on any atom is 0.0862 e. The molecule has 0 saturated heterocycles. The predicted molar refractivity (Wildman–Crippen MR) is 70.4 cm³/mol. The summed E-state index contributed by atoms with van der Waals surface area (Å²) in [5.74, 6) is 0.898. The predicted octanol–water partition coefficient (Wildman–Crippen LogP) is 3.89. The van der Waals surface area contributed by atoms with Crippen LogP contribution in [0.2, 0.25) is 0 Å². The van der Waals surface area contributed by atoms with Crippen molar-refractivity contribution >= 4 is 0 Å². The minimum atomic E-state index is -0.819. The second kappa shape index (κ2) is 5.40. The smallest absolute Gasteiger partial charge is 0.0862 e. The molecule has 0 amide bonds. The van der Waals surface area contributed by atoms with Crippen LogP contribution in [0.1, 0.15) is 66.2 Å². The van der Waals surface area contributed by atoms with E-state index >= 15 is 0 Å². The molecule has 1 aliphatic carbocycles. The molecule has 0 bridgehead atoms. The molecule has 0 heterocycles. The average molecular weight is 237 g/mol. The Balaban J connectivity index is 2.94. The van der Waals surface area contributed by atoms with Crippen molar-refractivity contribution in [3.05, 3.63) is 0 Å². The van der Waals surface area contributed by atoms with Crippen molar-refractivity contribution in [1.29, 1.82) is 5.26 Å². The van der Waals surface area contributed by atoms with E-state index < -0.39 is 11.0 Å². The molecule has 2 heteroatoms. The summed E-state index contributed by atoms with van der Waals surface area (Å²) >= 11 is 0. The Morgan fingerprint density at radius 3 is 2.18 bits per heavy atom. The molecule has 1 saturated carbocycles. The first-order valence-corrected chi connectivity index (χ1v) is 7.09. The highest BCUT2D eigenvalue weighted by Crippen LogP contribution is 2.50. The van der Waals surface area contributed by atoms with Crippen LogP contribution in [0.15, 0.2) is 0 Å². The summed E-state index contributed by atoms with van der Waals surface area (Å²) < 4.78 is 0. The summed E-state index contributed by atoms with van der Waals surface area (Å²) in [5, 5.41) is 20.5. The van der Waals surface area contributed by atoms with Crippen molar-refractivity contribution in [2.24, 2.45) is 17.3 Å². The van der Waals surface area contributed by atoms with Crippen LogP contribution in [0.3, 0.4) is 0 Å². The summed E-state index contributed by atoms with van der Waals surface area (Å²) in [4.78, 5) is 0. The Bertz CT molecular complexity index is 284. The van der Waals surface area contributed by atoms with Crippen molar-refractivity contribution in [3.63, 3.8) is 0 Å². The molecule has 98 valence electrons. The Morgan fingerprint density at radius 1 is 1.35 bits per heavy atom. The van der Waals surface area contributed by atoms with E-state index in [-0.39, 0.29) is 5.92 Å². The standard InChI is InChI=1S/C15H27NO/c1-5-13-7-9-14(11-16,10-8-13)15(17,6-2)12(3)4/h12-13,17H,5-10H2,1-4H3. The van der Waals surface area contributed by atoms with E-state index in [1.807, 2.05) is 20.8 Å². The molecule has 0 aromatic carbocycles. The van der Waals surface area contributed by atoms with Crippen LogP contribution in [0.4, 0.5) is 0 Å². The quantitative estimate of drug-likeness (QED) is 0.806. The van der Waals surface area contributed by atoms with Gasteiger partial charge < -0.3 is 5.11 Å². The second-order valence-electron chi connectivity index (χ2n) is 5.98. The van der Waals surface area contributed by atoms with Gasteiger partial charge in [0.2, 0.25) is 0 Å². The van der Waals surface area contributed by atoms with E-state index in [9.17, 15) is 10.4 Å². The summed E-state index contributed by atoms with van der Waals surface area (Å²) in [6, 6.07) is 2.48. The molecule has 1 atom stereocenters. The summed E-state index contributed by atoms with van der Waals surface area (Å²) in [7, 11) is 0. The van der Waals surface area contributed by atoms with Crippen LogP contribution in [0.25, 0.3) is 0 Å². The van der Waals surface area contributed by atoms with Crippen LogP contribution in [-0.4, -0.2) is 10.7 Å². The van der Waals surface area contributed by atoms with E-state index in [1.165, 1.54) is 6.42 Å². The highest BCUT2D eigenvalue weighted by Gasteiger charge is 2.52. The monoisotopic (exact) mass is 237 g/mol. The number of rotatable bonds is 4. The summed E-state index contributed by atoms with van der Waals surface area (Å²) in [5.41, 5.74) is -1.33. The maximum absolute atomic E-state index is 10.9. The maximum atomic E-state index is 10.9. The Labute approximate surface area is 106 Å². The van der Waals surface area contributed by atoms with Crippen molar-refractivity contribution in [3.8, 4) is 6.07 Å². The van der Waals surface area contributed by atoms with Gasteiger partial charge in [-0.2, -0.15) is 5.26 Å². The van der Waals surface area contributed by atoms with Gasteiger partial charge in [0.05, 0.1) is 17.1 Å². The van der Waals surface area contributed by atoms with Crippen molar-refractivity contribution in [1.82, 2.24) is 0 Å². The minimum Gasteiger partial charge on any atom is -0.388 e. The molecular formula is C15H27NO. The summed E-state index contributed by atoms with van der Waals surface area (Å²) in [6.07, 6.45) is 5.80. The number of hydrogen-bond donors (Lipinski definition) is 1. The number of aliphatic hydroxyl groups is 1. The molecule has 0 spiro atoms. The van der Waals surface area contributed by atoms with E-state index in [4.69, 9.17) is 0 Å². The Kier molecular flexibility index (Phi) is 4.61. The number of hydrogen-bond acceptors (Lipinski definition) is 2. The van der Waals surface area contributed by atoms with Crippen LogP contribution in [-0.2, 0) is 0 Å². The van der Waals surface area contributed by atoms with Gasteiger partial charge in [-0.3, -0.25) is 0 Å². The van der Waals surface area contributed by atoms with Crippen LogP contribution in [0, 0.1) is 28.6 Å². The average Bonchev–Trinajstić information content (AvgIpc) is 2.37. The molecule has 1 rings (SSSR count). The lowest BCUT2D eigenvalue weighted by Gasteiger charge is -2.48. The van der Waals surface area contributed by atoms with E-state index in [1.54, 1.807) is 0 Å². The fourth-order valence-electron chi connectivity index (χ4n) is 3.52. The van der Waals surface area contributed by atoms with Gasteiger partial charge in [0.15, 0.2) is 0 Å². The molecule has 1 aliphatic rings. The van der Waals surface area contributed by atoms with Gasteiger partial charge in [-0.05, 0) is 43.9 Å². The van der Waals surface area contributed by atoms with E-state index in [0.717, 1.165) is 31.6 Å². The zero-order chi connectivity index (χ0) is 13.1. The molecule has 17 heavy (non-hydrogen) atoms. The van der Waals surface area contributed by atoms with Gasteiger partial charge in [0, 0.05) is 0 Å². The molecular weight excluding hydrogens is 210 g/mol. The Hall–Kier alpha value is -0.550. The largest absolute Gasteiger partial charge is 0.388 e. The molecule has 0 aromatic rings. The lowest BCUT2D eigenvalue weighted by Crippen LogP contribution is -2.52. The first-order chi connectivity index (χ1) is 7.95. The molecule has 0 radical (unpaired) electrons. The van der Waals surface area contributed by atoms with E-state index in [0.29, 0.717) is 6.42 Å². The third kappa shape index (κ3) is 2.36. The number of nitriles is 1. The third-order valence-corrected chi connectivity index (χ3v) is 5.07. The SMILES string of the molecule is CCC1CCC(C#N)(C(O)(CC)C(C)C)CC1. The van der Waals surface area contributed by atoms with E-state index in [2.05, 4.69) is 13.0 Å². The van der Waals surface area contributed by atoms with Crippen molar-refractivity contribution < 1.29 is 5.11 Å². The molecule has 1 N–H and O–H groups in total. The van der Waals surface area contributed by atoms with Crippen molar-refractivity contribution in [2.45, 2.75) is 71.8 Å². The molecule has 0 aromatic heterocycles. The highest BCUT2D eigenvalue weighted by atomic mass is 16.3. The lowest BCUT2D eigenvalue weighted by molar-refractivity contribution is -0.113. The number of nitrogens with zero attached hydrogens (tertiary/aromatic N) is 1. The third-order valence-electron chi connectivity index (χ3n) is 5.07. The van der Waals surface area contributed by atoms with Gasteiger partial charge in [-0.15, -0.1) is 0 Å². The first kappa shape index (κ1) is 14.5. The molecule has 1 fully saturated rings. The van der Waals surface area contributed by atoms with Gasteiger partial charge in [0.1, 0.15) is 0 Å². The van der Waals surface area contributed by atoms with Crippen molar-refractivity contribution in [2.75, 3.05) is 0 Å². The van der Waals surface area contributed by atoms with Crippen LogP contribution >= 0.6 is 0 Å². The summed E-state index contributed by atoms with van der Waals surface area (Å²) in [6.45, 7) is 8.30. The lowest BCUT2D eigenvalue weighted by atomic mass is 9.58. The Morgan fingerprint density at radius 2 is 1.88 bits per heavy atom. The fourth-order valence-corrected chi connectivity index (χ4v) is 3.52. The fraction of sp³-hybridized carbons (Fsp3) is 0.933. The first-order valence-electron chi connectivity index (χ1n) is 7.09. The van der Waals surface area contributed by atoms with Crippen LogP contribution < -0.4 is 0 Å². The minimum absolute atomic E-state index is 0.144. The van der Waals surface area contributed by atoms with Gasteiger partial charge >= 0.3 is 0 Å². The highest BCUT2D eigenvalue weighted by molar-refractivity contribution is 5.13. The molecule has 0 aliphatic heterocycles.